The van der Waals surface area contributed by atoms with Gasteiger partial charge in [-0.2, -0.15) is 0 Å². The van der Waals surface area contributed by atoms with Crippen LogP contribution >= 0.6 is 24.0 Å². The third-order valence-electron chi connectivity index (χ3n) is 3.92. The van der Waals surface area contributed by atoms with Crippen molar-refractivity contribution >= 4 is 57.0 Å². The molecule has 2 aromatic carbocycles. The Kier molecular flexibility index (Phi) is 4.40. The van der Waals surface area contributed by atoms with Crippen LogP contribution in [0, 0.1) is 0 Å². The summed E-state index contributed by atoms with van der Waals surface area (Å²) < 4.78 is 5.72. The fourth-order valence-corrected chi connectivity index (χ4v) is 4.00. The SMILES string of the molecule is COc1cccc(N2C(=O)/C(=C/c3cccc4nccnc34)SC2=S)c1. The lowest BCUT2D eigenvalue weighted by Gasteiger charge is -2.15. The van der Waals surface area contributed by atoms with Crippen LogP contribution < -0.4 is 9.64 Å². The quantitative estimate of drug-likeness (QED) is 0.506. The second-order valence-electron chi connectivity index (χ2n) is 5.49. The lowest BCUT2D eigenvalue weighted by molar-refractivity contribution is -0.113. The number of carbonyl (C=O) groups is 1. The minimum Gasteiger partial charge on any atom is -0.497 e. The van der Waals surface area contributed by atoms with Gasteiger partial charge in [-0.15, -0.1) is 0 Å². The van der Waals surface area contributed by atoms with Crippen molar-refractivity contribution in [3.8, 4) is 5.75 Å². The van der Waals surface area contributed by atoms with Crippen LogP contribution in [0.5, 0.6) is 5.75 Å². The minimum atomic E-state index is -0.158. The van der Waals surface area contributed by atoms with Crippen molar-refractivity contribution < 1.29 is 9.53 Å². The van der Waals surface area contributed by atoms with Crippen LogP contribution in [0.2, 0.25) is 0 Å². The van der Waals surface area contributed by atoms with Gasteiger partial charge in [0.1, 0.15) is 5.75 Å². The molecule has 0 N–H and O–H groups in total. The Morgan fingerprint density at radius 2 is 1.96 bits per heavy atom. The van der Waals surface area contributed by atoms with E-state index in [4.69, 9.17) is 17.0 Å². The maximum atomic E-state index is 12.9. The van der Waals surface area contributed by atoms with Gasteiger partial charge in [0.25, 0.3) is 5.91 Å². The first kappa shape index (κ1) is 16.7. The normalized spacial score (nSPS) is 15.9. The molecule has 1 fully saturated rings. The van der Waals surface area contributed by atoms with Gasteiger partial charge in [0.05, 0.1) is 28.7 Å². The second-order valence-corrected chi connectivity index (χ2v) is 7.17. The molecule has 2 heterocycles. The van der Waals surface area contributed by atoms with Gasteiger partial charge in [-0.1, -0.05) is 42.2 Å². The van der Waals surface area contributed by atoms with E-state index in [1.807, 2.05) is 42.5 Å². The molecule has 1 aliphatic rings. The zero-order chi connectivity index (χ0) is 18.1. The van der Waals surface area contributed by atoms with E-state index in [-0.39, 0.29) is 5.91 Å². The Labute approximate surface area is 159 Å². The predicted octanol–water partition coefficient (Wildman–Crippen LogP) is 4.04. The highest BCUT2D eigenvalue weighted by atomic mass is 32.2. The standard InChI is InChI=1S/C19H13N3O2S2/c1-24-14-6-3-5-13(11-14)22-18(23)16(26-19(22)25)10-12-4-2-7-15-17(12)21-9-8-20-15/h2-11H,1H3/b16-10-. The van der Waals surface area contributed by atoms with Crippen LogP contribution in [0.1, 0.15) is 5.56 Å². The number of thioether (sulfide) groups is 1. The molecule has 0 spiro atoms. The van der Waals surface area contributed by atoms with Gasteiger partial charge >= 0.3 is 0 Å². The van der Waals surface area contributed by atoms with Gasteiger partial charge < -0.3 is 4.74 Å². The Morgan fingerprint density at radius 3 is 2.81 bits per heavy atom. The number of benzene rings is 2. The molecule has 0 saturated carbocycles. The monoisotopic (exact) mass is 379 g/mol. The number of fused-ring (bicyclic) bond motifs is 1. The molecule has 5 nitrogen and oxygen atoms in total. The number of thiocarbonyl (C=S) groups is 1. The van der Waals surface area contributed by atoms with Gasteiger partial charge in [0, 0.05) is 24.0 Å². The Morgan fingerprint density at radius 1 is 1.15 bits per heavy atom. The molecule has 26 heavy (non-hydrogen) atoms. The number of rotatable bonds is 3. The minimum absolute atomic E-state index is 0.158. The van der Waals surface area contributed by atoms with Crippen LogP contribution in [0.4, 0.5) is 5.69 Å². The first-order valence-electron chi connectivity index (χ1n) is 7.79. The molecule has 0 aliphatic carbocycles. The predicted molar refractivity (Wildman–Crippen MR) is 108 cm³/mol. The molecule has 3 aromatic rings. The summed E-state index contributed by atoms with van der Waals surface area (Å²) in [6.07, 6.45) is 5.10. The summed E-state index contributed by atoms with van der Waals surface area (Å²) >= 11 is 6.70. The zero-order valence-electron chi connectivity index (χ0n) is 13.7. The van der Waals surface area contributed by atoms with Crippen molar-refractivity contribution in [2.75, 3.05) is 12.0 Å². The topological polar surface area (TPSA) is 55.3 Å². The number of aromatic nitrogens is 2. The van der Waals surface area contributed by atoms with E-state index in [1.54, 1.807) is 25.6 Å². The van der Waals surface area contributed by atoms with Gasteiger partial charge in [-0.25, -0.2) is 0 Å². The number of carbonyl (C=O) groups excluding carboxylic acids is 1. The first-order valence-corrected chi connectivity index (χ1v) is 9.01. The molecular formula is C19H13N3O2S2. The van der Waals surface area contributed by atoms with E-state index in [9.17, 15) is 4.79 Å². The van der Waals surface area contributed by atoms with Gasteiger partial charge in [0.15, 0.2) is 4.32 Å². The average Bonchev–Trinajstić information content (AvgIpc) is 2.95. The van der Waals surface area contributed by atoms with Crippen LogP contribution in [0.3, 0.4) is 0 Å². The molecular weight excluding hydrogens is 366 g/mol. The number of hydrogen-bond acceptors (Lipinski definition) is 6. The summed E-state index contributed by atoms with van der Waals surface area (Å²) in [6, 6.07) is 13.0. The van der Waals surface area contributed by atoms with E-state index in [2.05, 4.69) is 9.97 Å². The van der Waals surface area contributed by atoms with E-state index >= 15 is 0 Å². The lowest BCUT2D eigenvalue weighted by atomic mass is 10.1. The third-order valence-corrected chi connectivity index (χ3v) is 5.22. The molecule has 1 amide bonds. The van der Waals surface area contributed by atoms with Crippen molar-refractivity contribution in [3.05, 3.63) is 65.3 Å². The van der Waals surface area contributed by atoms with E-state index in [0.717, 1.165) is 16.6 Å². The molecule has 0 bridgehead atoms. The van der Waals surface area contributed by atoms with E-state index < -0.39 is 0 Å². The van der Waals surface area contributed by atoms with Gasteiger partial charge in [-0.3, -0.25) is 19.7 Å². The summed E-state index contributed by atoms with van der Waals surface area (Å²) in [6.45, 7) is 0. The maximum Gasteiger partial charge on any atom is 0.270 e. The third kappa shape index (κ3) is 2.95. The largest absolute Gasteiger partial charge is 0.497 e. The molecule has 1 saturated heterocycles. The molecule has 4 rings (SSSR count). The van der Waals surface area contributed by atoms with Crippen molar-refractivity contribution in [1.82, 2.24) is 9.97 Å². The van der Waals surface area contributed by atoms with E-state index in [0.29, 0.717) is 20.7 Å². The molecule has 7 heteroatoms. The summed E-state index contributed by atoms with van der Waals surface area (Å²) in [4.78, 5) is 23.7. The Bertz CT molecular complexity index is 1060. The number of ether oxygens (including phenoxy) is 1. The van der Waals surface area contributed by atoms with Crippen LogP contribution in [0.25, 0.3) is 17.1 Å². The van der Waals surface area contributed by atoms with Crippen LogP contribution in [0.15, 0.2) is 59.8 Å². The zero-order valence-corrected chi connectivity index (χ0v) is 15.4. The fraction of sp³-hybridized carbons (Fsp3) is 0.0526. The van der Waals surface area contributed by atoms with Gasteiger partial charge in [0.2, 0.25) is 0 Å². The van der Waals surface area contributed by atoms with Crippen LogP contribution in [-0.2, 0) is 4.79 Å². The Balaban J connectivity index is 1.73. The second kappa shape index (κ2) is 6.86. The maximum absolute atomic E-state index is 12.9. The summed E-state index contributed by atoms with van der Waals surface area (Å²) in [5.41, 5.74) is 3.06. The molecule has 1 aromatic heterocycles. The number of hydrogen-bond donors (Lipinski definition) is 0. The van der Waals surface area contributed by atoms with Crippen molar-refractivity contribution in [2.24, 2.45) is 0 Å². The first-order chi connectivity index (χ1) is 12.7. The van der Waals surface area contributed by atoms with E-state index in [1.165, 1.54) is 16.7 Å². The average molecular weight is 379 g/mol. The Hall–Kier alpha value is -2.77. The fourth-order valence-electron chi connectivity index (χ4n) is 2.71. The molecule has 128 valence electrons. The van der Waals surface area contributed by atoms with Crippen molar-refractivity contribution in [2.45, 2.75) is 0 Å². The summed E-state index contributed by atoms with van der Waals surface area (Å²) in [5.74, 6) is 0.513. The van der Waals surface area contributed by atoms with Crippen LogP contribution in [-0.4, -0.2) is 27.3 Å². The lowest BCUT2D eigenvalue weighted by Crippen LogP contribution is -2.27. The number of para-hydroxylation sites is 1. The summed E-state index contributed by atoms with van der Waals surface area (Å²) in [5, 5.41) is 0. The smallest absolute Gasteiger partial charge is 0.270 e. The molecule has 0 unspecified atom stereocenters. The number of anilines is 1. The van der Waals surface area contributed by atoms with Crippen molar-refractivity contribution in [3.63, 3.8) is 0 Å². The number of methoxy groups -OCH3 is 1. The van der Waals surface area contributed by atoms with Crippen molar-refractivity contribution in [1.29, 1.82) is 0 Å². The highest BCUT2D eigenvalue weighted by molar-refractivity contribution is 8.27. The molecule has 1 aliphatic heterocycles. The number of nitrogens with zero attached hydrogens (tertiary/aromatic N) is 3. The molecule has 0 atom stereocenters. The number of amides is 1. The summed E-state index contributed by atoms with van der Waals surface area (Å²) in [7, 11) is 1.59. The molecule has 0 radical (unpaired) electrons. The van der Waals surface area contributed by atoms with Gasteiger partial charge in [-0.05, 0) is 24.3 Å². The highest BCUT2D eigenvalue weighted by Gasteiger charge is 2.33. The highest BCUT2D eigenvalue weighted by Crippen LogP contribution is 2.37.